The molecule has 1 aromatic heterocycles. The van der Waals surface area contributed by atoms with Gasteiger partial charge in [-0.3, -0.25) is 0 Å². The predicted molar refractivity (Wildman–Crippen MR) is 110 cm³/mol. The number of benzene rings is 2. The van der Waals surface area contributed by atoms with Crippen LogP contribution >= 0.6 is 23.1 Å². The van der Waals surface area contributed by atoms with Crippen LogP contribution in [0.1, 0.15) is 12.5 Å². The molecule has 0 atom stereocenters. The second-order valence-corrected chi connectivity index (χ2v) is 9.83. The number of hydrogen-bond acceptors (Lipinski definition) is 7. The fourth-order valence-electron chi connectivity index (χ4n) is 2.59. The zero-order chi connectivity index (χ0) is 19.4. The zero-order valence-corrected chi connectivity index (χ0v) is 17.6. The largest absolute Gasteiger partial charge is 0.493 e. The molecule has 6 nitrogen and oxygen atoms in total. The van der Waals surface area contributed by atoms with E-state index in [1.165, 1.54) is 18.4 Å². The highest BCUT2D eigenvalue weighted by Gasteiger charge is 2.18. The first-order valence-corrected chi connectivity index (χ1v) is 11.5. The first-order valence-electron chi connectivity index (χ1n) is 8.21. The Balaban J connectivity index is 1.84. The van der Waals surface area contributed by atoms with Crippen molar-refractivity contribution in [1.82, 2.24) is 9.71 Å². The molecular weight excluding hydrogens is 404 g/mol. The summed E-state index contributed by atoms with van der Waals surface area (Å²) in [5.41, 5.74) is 1.50. The molecule has 0 fully saturated rings. The third kappa shape index (κ3) is 4.37. The maximum atomic E-state index is 12.7. The lowest BCUT2D eigenvalue weighted by molar-refractivity contribution is 0.351. The maximum Gasteiger partial charge on any atom is 0.240 e. The van der Waals surface area contributed by atoms with E-state index >= 15 is 0 Å². The van der Waals surface area contributed by atoms with E-state index in [9.17, 15) is 8.42 Å². The molecule has 0 unspecified atom stereocenters. The molecule has 0 bridgehead atoms. The summed E-state index contributed by atoms with van der Waals surface area (Å²) in [6.45, 7) is 2.16. The number of thioether (sulfide) groups is 1. The van der Waals surface area contributed by atoms with Gasteiger partial charge in [-0.1, -0.05) is 30.8 Å². The predicted octanol–water partition coefficient (Wildman–Crippen LogP) is 3.90. The number of ether oxygens (including phenoxy) is 2. The van der Waals surface area contributed by atoms with E-state index in [2.05, 4.69) is 16.6 Å². The summed E-state index contributed by atoms with van der Waals surface area (Å²) < 4.78 is 40.5. The molecule has 0 aliphatic carbocycles. The van der Waals surface area contributed by atoms with Gasteiger partial charge in [0, 0.05) is 12.1 Å². The fraction of sp³-hybridized carbons (Fsp3) is 0.278. The van der Waals surface area contributed by atoms with Crippen molar-refractivity contribution < 1.29 is 17.9 Å². The Bertz CT molecular complexity index is 1050. The number of methoxy groups -OCH3 is 2. The Morgan fingerprint density at radius 1 is 1.19 bits per heavy atom. The van der Waals surface area contributed by atoms with Gasteiger partial charge in [0.25, 0.3) is 0 Å². The second-order valence-electron chi connectivity index (χ2n) is 5.52. The Morgan fingerprint density at radius 2 is 2.00 bits per heavy atom. The van der Waals surface area contributed by atoms with Crippen molar-refractivity contribution in [3.8, 4) is 11.5 Å². The average Bonchev–Trinajstić information content (AvgIpc) is 3.07. The minimum Gasteiger partial charge on any atom is -0.493 e. The molecule has 0 aliphatic rings. The van der Waals surface area contributed by atoms with Gasteiger partial charge in [-0.15, -0.1) is 11.3 Å². The van der Waals surface area contributed by atoms with Crippen LogP contribution in [0.25, 0.3) is 10.2 Å². The van der Waals surface area contributed by atoms with Crippen molar-refractivity contribution in [2.24, 2.45) is 0 Å². The fourth-order valence-corrected chi connectivity index (χ4v) is 5.70. The summed E-state index contributed by atoms with van der Waals surface area (Å²) in [6, 6.07) is 10.3. The number of fused-ring (bicyclic) bond motifs is 1. The first kappa shape index (κ1) is 19.9. The highest BCUT2D eigenvalue weighted by Crippen LogP contribution is 2.32. The number of thiazole rings is 1. The van der Waals surface area contributed by atoms with E-state index in [1.807, 2.05) is 0 Å². The molecule has 144 valence electrons. The van der Waals surface area contributed by atoms with Crippen LogP contribution in [0.15, 0.2) is 45.6 Å². The van der Waals surface area contributed by atoms with Crippen LogP contribution in [0.2, 0.25) is 0 Å². The zero-order valence-electron chi connectivity index (χ0n) is 15.2. The van der Waals surface area contributed by atoms with Crippen molar-refractivity contribution in [2.75, 3.05) is 20.0 Å². The van der Waals surface area contributed by atoms with E-state index in [-0.39, 0.29) is 11.4 Å². The summed E-state index contributed by atoms with van der Waals surface area (Å²) in [4.78, 5) is 4.71. The van der Waals surface area contributed by atoms with Gasteiger partial charge in [-0.05, 0) is 30.0 Å². The lowest BCUT2D eigenvalue weighted by Crippen LogP contribution is -2.23. The molecule has 0 radical (unpaired) electrons. The van der Waals surface area contributed by atoms with E-state index < -0.39 is 10.0 Å². The molecule has 0 spiro atoms. The lowest BCUT2D eigenvalue weighted by atomic mass is 10.2. The smallest absolute Gasteiger partial charge is 0.240 e. The molecule has 3 rings (SSSR count). The normalized spacial score (nSPS) is 11.7. The average molecular weight is 425 g/mol. The van der Waals surface area contributed by atoms with E-state index in [0.717, 1.165) is 20.3 Å². The minimum atomic E-state index is -3.67. The highest BCUT2D eigenvalue weighted by molar-refractivity contribution is 8.01. The molecule has 0 saturated carbocycles. The van der Waals surface area contributed by atoms with Gasteiger partial charge in [0.1, 0.15) is 0 Å². The molecule has 1 N–H and O–H groups in total. The molecule has 0 amide bonds. The molecular formula is C18H20N2O4S3. The molecule has 1 heterocycles. The van der Waals surface area contributed by atoms with Crippen molar-refractivity contribution in [3.05, 3.63) is 42.0 Å². The third-order valence-electron chi connectivity index (χ3n) is 3.86. The second kappa shape index (κ2) is 8.47. The molecule has 0 saturated heterocycles. The van der Waals surface area contributed by atoms with Crippen LogP contribution in [-0.2, 0) is 16.6 Å². The monoisotopic (exact) mass is 424 g/mol. The van der Waals surface area contributed by atoms with Gasteiger partial charge in [0.2, 0.25) is 10.0 Å². The van der Waals surface area contributed by atoms with Crippen LogP contribution in [0.3, 0.4) is 0 Å². The Kier molecular flexibility index (Phi) is 6.25. The molecule has 9 heteroatoms. The number of nitrogens with zero attached hydrogens (tertiary/aromatic N) is 1. The summed E-state index contributed by atoms with van der Waals surface area (Å²) in [6.07, 6.45) is 0. The first-order chi connectivity index (χ1) is 13.0. The lowest BCUT2D eigenvalue weighted by Gasteiger charge is -2.13. The van der Waals surface area contributed by atoms with Gasteiger partial charge in [-0.2, -0.15) is 0 Å². The number of sulfonamides is 1. The summed E-state index contributed by atoms with van der Waals surface area (Å²) in [5.74, 6) is 2.00. The van der Waals surface area contributed by atoms with E-state index in [4.69, 9.17) is 9.47 Å². The van der Waals surface area contributed by atoms with Gasteiger partial charge in [0.15, 0.2) is 15.8 Å². The Morgan fingerprint density at radius 3 is 2.70 bits per heavy atom. The quantitative estimate of drug-likeness (QED) is 0.553. The van der Waals surface area contributed by atoms with E-state index in [0.29, 0.717) is 17.1 Å². The maximum absolute atomic E-state index is 12.7. The third-order valence-corrected chi connectivity index (χ3v) is 7.30. The van der Waals surface area contributed by atoms with Crippen LogP contribution in [0.4, 0.5) is 0 Å². The van der Waals surface area contributed by atoms with Gasteiger partial charge < -0.3 is 9.47 Å². The minimum absolute atomic E-state index is 0.0976. The molecule has 0 aliphatic heterocycles. The summed E-state index contributed by atoms with van der Waals surface area (Å²) >= 11 is 3.15. The highest BCUT2D eigenvalue weighted by atomic mass is 32.2. The SMILES string of the molecule is CCSc1nc2ccc(S(=O)(=O)NCc3cccc(OC)c3OC)cc2s1. The summed E-state index contributed by atoms with van der Waals surface area (Å²) in [5, 5.41) is 0. The molecule has 3 aromatic rings. The number of nitrogens with one attached hydrogen (secondary N) is 1. The standard InChI is InChI=1S/C18H20N2O4S3/c1-4-25-18-20-14-9-8-13(10-16(14)26-18)27(21,22)19-11-12-6-5-7-15(23-2)17(12)24-3/h5-10,19H,4,11H2,1-3H3. The Labute approximate surface area is 167 Å². The van der Waals surface area contributed by atoms with Crippen LogP contribution in [0.5, 0.6) is 11.5 Å². The van der Waals surface area contributed by atoms with Crippen molar-refractivity contribution >= 4 is 43.3 Å². The number of aromatic nitrogens is 1. The van der Waals surface area contributed by atoms with Gasteiger partial charge in [0.05, 0.1) is 29.3 Å². The van der Waals surface area contributed by atoms with Crippen LogP contribution < -0.4 is 14.2 Å². The van der Waals surface area contributed by atoms with Crippen molar-refractivity contribution in [1.29, 1.82) is 0 Å². The number of hydrogen-bond donors (Lipinski definition) is 1. The van der Waals surface area contributed by atoms with Crippen molar-refractivity contribution in [3.63, 3.8) is 0 Å². The van der Waals surface area contributed by atoms with Crippen LogP contribution in [0, 0.1) is 0 Å². The topological polar surface area (TPSA) is 77.5 Å². The Hall–Kier alpha value is -1.81. The number of rotatable bonds is 8. The summed E-state index contributed by atoms with van der Waals surface area (Å²) in [7, 11) is -0.602. The van der Waals surface area contributed by atoms with E-state index in [1.54, 1.807) is 55.3 Å². The molecule has 2 aromatic carbocycles. The van der Waals surface area contributed by atoms with Gasteiger partial charge in [-0.25, -0.2) is 18.1 Å². The van der Waals surface area contributed by atoms with Crippen LogP contribution in [-0.4, -0.2) is 33.4 Å². The number of para-hydroxylation sites is 1. The molecule has 27 heavy (non-hydrogen) atoms. The van der Waals surface area contributed by atoms with Gasteiger partial charge >= 0.3 is 0 Å². The van der Waals surface area contributed by atoms with Crippen molar-refractivity contribution in [2.45, 2.75) is 22.7 Å².